The summed E-state index contributed by atoms with van der Waals surface area (Å²) in [5, 5.41) is 0.634. The van der Waals surface area contributed by atoms with Gasteiger partial charge < -0.3 is 0 Å². The van der Waals surface area contributed by atoms with Crippen LogP contribution in [0.1, 0.15) is 25.0 Å². The summed E-state index contributed by atoms with van der Waals surface area (Å²) in [5.41, 5.74) is 1.13. The van der Waals surface area contributed by atoms with Gasteiger partial charge >= 0.3 is 0 Å². The first-order valence-electron chi connectivity index (χ1n) is 5.61. The lowest BCUT2D eigenvalue weighted by molar-refractivity contribution is 0.559. The Morgan fingerprint density at radius 3 is 2.33 bits per heavy atom. The molecule has 0 saturated heterocycles. The molecule has 3 nitrogen and oxygen atoms in total. The second-order valence-electron chi connectivity index (χ2n) is 4.69. The quantitative estimate of drug-likeness (QED) is 0.924. The Morgan fingerprint density at radius 1 is 1.28 bits per heavy atom. The molecule has 0 aliphatic heterocycles. The van der Waals surface area contributed by atoms with E-state index in [4.69, 9.17) is 23.2 Å². The molecule has 0 unspecified atom stereocenters. The van der Waals surface area contributed by atoms with E-state index in [0.717, 1.165) is 0 Å². The Kier molecular flexibility index (Phi) is 5.06. The molecule has 1 rings (SSSR count). The van der Waals surface area contributed by atoms with Gasteiger partial charge in [-0.2, -0.15) is 0 Å². The van der Waals surface area contributed by atoms with Crippen LogP contribution in [-0.4, -0.2) is 15.0 Å². The van der Waals surface area contributed by atoms with Crippen LogP contribution in [0.3, 0.4) is 0 Å². The van der Waals surface area contributed by atoms with Crippen molar-refractivity contribution in [2.45, 2.75) is 32.6 Å². The smallest absolute Gasteiger partial charge is 0.211 e. The van der Waals surface area contributed by atoms with Crippen LogP contribution in [0.5, 0.6) is 0 Å². The number of hydrogen-bond donors (Lipinski definition) is 1. The number of halogens is 2. The predicted molar refractivity (Wildman–Crippen MR) is 76.0 cm³/mol. The number of benzene rings is 1. The van der Waals surface area contributed by atoms with Crippen molar-refractivity contribution in [1.82, 2.24) is 4.72 Å². The minimum absolute atomic E-state index is 0.0785. The second-order valence-corrected chi connectivity index (χ2v) is 7.18. The average Bonchev–Trinajstić information content (AvgIpc) is 2.24. The van der Waals surface area contributed by atoms with Gasteiger partial charge in [-0.05, 0) is 37.0 Å². The van der Waals surface area contributed by atoms with Crippen LogP contribution in [0, 0.1) is 19.8 Å². The molecule has 1 aromatic carbocycles. The normalized spacial score (nSPS) is 12.2. The summed E-state index contributed by atoms with van der Waals surface area (Å²) in [6.07, 6.45) is 0. The summed E-state index contributed by atoms with van der Waals surface area (Å²) in [7, 11) is -3.63. The summed E-state index contributed by atoms with van der Waals surface area (Å²) < 4.78 is 27.0. The van der Waals surface area contributed by atoms with Crippen molar-refractivity contribution < 1.29 is 8.42 Å². The van der Waals surface area contributed by atoms with Crippen molar-refractivity contribution in [3.8, 4) is 0 Å². The summed E-state index contributed by atoms with van der Waals surface area (Å²) in [5.74, 6) is 0.221. The minimum atomic E-state index is -3.63. The fraction of sp³-hybridized carbons (Fsp3) is 0.500. The Morgan fingerprint density at radius 2 is 1.83 bits per heavy atom. The molecule has 1 aromatic rings. The van der Waals surface area contributed by atoms with Crippen molar-refractivity contribution >= 4 is 33.2 Å². The maximum absolute atomic E-state index is 12.2. The lowest BCUT2D eigenvalue weighted by Crippen LogP contribution is -2.28. The van der Waals surface area contributed by atoms with Crippen molar-refractivity contribution in [2.75, 3.05) is 6.54 Å². The fourth-order valence-electron chi connectivity index (χ4n) is 1.48. The predicted octanol–water partition coefficient (Wildman–Crippen LogP) is 3.54. The van der Waals surface area contributed by atoms with Gasteiger partial charge in [0.25, 0.3) is 0 Å². The summed E-state index contributed by atoms with van der Waals surface area (Å²) >= 11 is 12.1. The Hall–Kier alpha value is -0.290. The summed E-state index contributed by atoms with van der Waals surface area (Å²) in [6.45, 7) is 7.61. The molecular formula is C12H17Cl2NO2S. The molecule has 0 fully saturated rings. The Balaban J connectivity index is 3.32. The first-order valence-corrected chi connectivity index (χ1v) is 7.85. The molecule has 0 aromatic heterocycles. The van der Waals surface area contributed by atoms with Gasteiger partial charge in [0.2, 0.25) is 10.0 Å². The molecule has 0 aliphatic carbocycles. The highest BCUT2D eigenvalue weighted by Gasteiger charge is 2.23. The second kappa shape index (κ2) is 5.78. The largest absolute Gasteiger partial charge is 0.242 e. The van der Waals surface area contributed by atoms with Crippen molar-refractivity contribution in [1.29, 1.82) is 0 Å². The van der Waals surface area contributed by atoms with Crippen molar-refractivity contribution in [2.24, 2.45) is 5.92 Å². The van der Waals surface area contributed by atoms with E-state index >= 15 is 0 Å². The van der Waals surface area contributed by atoms with Crippen LogP contribution in [-0.2, 0) is 10.0 Å². The van der Waals surface area contributed by atoms with E-state index in [1.807, 2.05) is 13.8 Å². The Bertz CT molecular complexity index is 527. The number of aryl methyl sites for hydroxylation is 1. The molecule has 0 atom stereocenters. The third-order valence-corrected chi connectivity index (χ3v) is 5.12. The lowest BCUT2D eigenvalue weighted by Gasteiger charge is -2.15. The third kappa shape index (κ3) is 3.38. The molecule has 18 heavy (non-hydrogen) atoms. The molecule has 0 heterocycles. The zero-order chi connectivity index (χ0) is 14.1. The standard InChI is InChI=1S/C12H17Cl2NO2S/c1-7(2)6-15-18(16,17)12-9(4)10(13)5-8(3)11(12)14/h5,7,15H,6H2,1-4H3. The van der Waals surface area contributed by atoms with Gasteiger partial charge in [0.1, 0.15) is 4.90 Å². The van der Waals surface area contributed by atoms with Gasteiger partial charge in [0, 0.05) is 11.6 Å². The van der Waals surface area contributed by atoms with Gasteiger partial charge in [0.05, 0.1) is 5.02 Å². The molecule has 1 N–H and O–H groups in total. The van der Waals surface area contributed by atoms with Gasteiger partial charge in [-0.3, -0.25) is 0 Å². The molecule has 0 spiro atoms. The van der Waals surface area contributed by atoms with Crippen LogP contribution < -0.4 is 4.72 Å². The van der Waals surface area contributed by atoms with Crippen LogP contribution in [0.25, 0.3) is 0 Å². The molecule has 0 bridgehead atoms. The van der Waals surface area contributed by atoms with E-state index in [2.05, 4.69) is 4.72 Å². The SMILES string of the molecule is Cc1cc(Cl)c(C)c(S(=O)(=O)NCC(C)C)c1Cl. The highest BCUT2D eigenvalue weighted by atomic mass is 35.5. The van der Waals surface area contributed by atoms with Crippen molar-refractivity contribution in [3.05, 3.63) is 27.2 Å². The van der Waals surface area contributed by atoms with E-state index in [-0.39, 0.29) is 15.8 Å². The molecule has 6 heteroatoms. The number of sulfonamides is 1. The van der Waals surface area contributed by atoms with Gasteiger partial charge in [-0.15, -0.1) is 0 Å². The number of rotatable bonds is 4. The van der Waals surface area contributed by atoms with E-state index in [1.165, 1.54) is 0 Å². The first-order chi connectivity index (χ1) is 8.16. The summed E-state index contributed by atoms with van der Waals surface area (Å²) in [6, 6.07) is 1.67. The molecule has 0 radical (unpaired) electrons. The summed E-state index contributed by atoms with van der Waals surface area (Å²) in [4.78, 5) is 0.0785. The third-order valence-electron chi connectivity index (χ3n) is 2.54. The van der Waals surface area contributed by atoms with Gasteiger partial charge in [0.15, 0.2) is 0 Å². The van der Waals surface area contributed by atoms with E-state index in [9.17, 15) is 8.42 Å². The van der Waals surface area contributed by atoms with E-state index < -0.39 is 10.0 Å². The molecule has 0 aliphatic rings. The van der Waals surface area contributed by atoms with Crippen LogP contribution in [0.2, 0.25) is 10.0 Å². The van der Waals surface area contributed by atoms with Crippen LogP contribution >= 0.6 is 23.2 Å². The monoisotopic (exact) mass is 309 g/mol. The lowest BCUT2D eigenvalue weighted by atomic mass is 10.2. The van der Waals surface area contributed by atoms with E-state index in [0.29, 0.717) is 22.7 Å². The fourth-order valence-corrected chi connectivity index (χ4v) is 3.90. The first kappa shape index (κ1) is 15.8. The topological polar surface area (TPSA) is 46.2 Å². The molecular weight excluding hydrogens is 293 g/mol. The zero-order valence-electron chi connectivity index (χ0n) is 10.8. The average molecular weight is 310 g/mol. The Labute approximate surface area is 119 Å². The maximum atomic E-state index is 12.2. The highest BCUT2D eigenvalue weighted by Crippen LogP contribution is 2.33. The molecule has 0 amide bonds. The molecule has 0 saturated carbocycles. The number of hydrogen-bond acceptors (Lipinski definition) is 2. The van der Waals surface area contributed by atoms with Crippen LogP contribution in [0.15, 0.2) is 11.0 Å². The maximum Gasteiger partial charge on any atom is 0.242 e. The number of nitrogens with one attached hydrogen (secondary N) is 1. The van der Waals surface area contributed by atoms with Gasteiger partial charge in [-0.25, -0.2) is 13.1 Å². The van der Waals surface area contributed by atoms with Gasteiger partial charge in [-0.1, -0.05) is 37.0 Å². The molecule has 102 valence electrons. The highest BCUT2D eigenvalue weighted by molar-refractivity contribution is 7.89. The minimum Gasteiger partial charge on any atom is -0.211 e. The van der Waals surface area contributed by atoms with Crippen molar-refractivity contribution in [3.63, 3.8) is 0 Å². The zero-order valence-corrected chi connectivity index (χ0v) is 13.2. The van der Waals surface area contributed by atoms with E-state index in [1.54, 1.807) is 19.9 Å². The van der Waals surface area contributed by atoms with Crippen LogP contribution in [0.4, 0.5) is 0 Å².